The summed E-state index contributed by atoms with van der Waals surface area (Å²) < 4.78 is 2.31. The monoisotopic (exact) mass is 371 g/mol. The summed E-state index contributed by atoms with van der Waals surface area (Å²) in [5, 5.41) is 18.7. The van der Waals surface area contributed by atoms with Gasteiger partial charge in [-0.2, -0.15) is 10.5 Å². The summed E-state index contributed by atoms with van der Waals surface area (Å²) in [5.41, 5.74) is 3.48. The van der Waals surface area contributed by atoms with E-state index in [0.717, 1.165) is 34.4 Å². The van der Waals surface area contributed by atoms with Gasteiger partial charge in [-0.05, 0) is 42.7 Å². The second-order valence-corrected chi connectivity index (χ2v) is 7.12. The Bertz CT molecular complexity index is 1230. The lowest BCUT2D eigenvalue weighted by atomic mass is 10.1. The number of rotatable bonds is 3. The smallest absolute Gasteiger partial charge is 0.267 e. The third kappa shape index (κ3) is 3.74. The highest BCUT2D eigenvalue weighted by molar-refractivity contribution is 7.07. The van der Waals surface area contributed by atoms with Crippen LogP contribution in [0, 0.1) is 29.6 Å². The maximum atomic E-state index is 13.1. The van der Waals surface area contributed by atoms with E-state index in [1.54, 1.807) is 6.08 Å². The summed E-state index contributed by atoms with van der Waals surface area (Å²) in [5.74, 6) is 0. The Morgan fingerprint density at radius 3 is 2.48 bits per heavy atom. The largest absolute Gasteiger partial charge is 0.273 e. The lowest BCUT2D eigenvalue weighted by molar-refractivity contribution is 0.979. The van der Waals surface area contributed by atoms with Gasteiger partial charge in [0.2, 0.25) is 0 Å². The molecule has 0 radical (unpaired) electrons. The average molecular weight is 371 g/mol. The molecule has 27 heavy (non-hydrogen) atoms. The van der Waals surface area contributed by atoms with Crippen LogP contribution >= 0.6 is 11.3 Å². The van der Waals surface area contributed by atoms with Crippen molar-refractivity contribution in [3.05, 3.63) is 84.8 Å². The molecule has 0 unspecified atom stereocenters. The summed E-state index contributed by atoms with van der Waals surface area (Å²) in [6, 6.07) is 19.3. The molecule has 4 nitrogen and oxygen atoms in total. The fraction of sp³-hybridized carbons (Fsp3) is 0.136. The zero-order valence-electron chi connectivity index (χ0n) is 15.1. The Balaban J connectivity index is 2.36. The van der Waals surface area contributed by atoms with Crippen LogP contribution in [0.4, 0.5) is 0 Å². The van der Waals surface area contributed by atoms with Gasteiger partial charge in [0.25, 0.3) is 5.56 Å². The van der Waals surface area contributed by atoms with Crippen molar-refractivity contribution in [2.75, 3.05) is 0 Å². The minimum atomic E-state index is -0.230. The van der Waals surface area contributed by atoms with Crippen LogP contribution in [0.3, 0.4) is 0 Å². The molecule has 0 N–H and O–H groups in total. The molecule has 3 aromatic rings. The van der Waals surface area contributed by atoms with Crippen molar-refractivity contribution in [2.45, 2.75) is 20.3 Å². The second kappa shape index (κ2) is 7.86. The lowest BCUT2D eigenvalue weighted by Crippen LogP contribution is -2.30. The fourth-order valence-corrected chi connectivity index (χ4v) is 3.79. The Hall–Kier alpha value is -3.41. The average Bonchev–Trinajstić information content (AvgIpc) is 3.00. The Labute approximate surface area is 161 Å². The van der Waals surface area contributed by atoms with Crippen molar-refractivity contribution >= 4 is 23.0 Å². The second-order valence-electron chi connectivity index (χ2n) is 6.09. The number of thiazole rings is 1. The molecule has 0 saturated carbocycles. The lowest BCUT2D eigenvalue weighted by Gasteiger charge is -2.04. The van der Waals surface area contributed by atoms with Crippen LogP contribution in [0.15, 0.2) is 53.3 Å². The van der Waals surface area contributed by atoms with E-state index in [4.69, 9.17) is 0 Å². The molecule has 0 fully saturated rings. The van der Waals surface area contributed by atoms with Gasteiger partial charge in [0.1, 0.15) is 16.8 Å². The van der Waals surface area contributed by atoms with Crippen molar-refractivity contribution in [1.29, 1.82) is 10.5 Å². The number of hydrogen-bond acceptors (Lipinski definition) is 4. The summed E-state index contributed by atoms with van der Waals surface area (Å²) in [4.78, 5) is 13.1. The standard InChI is InChI=1S/C22H17N3OS/c1-3-16-5-4-6-19(11-16)25-21(26)20(27-22(25)18(13-23)14-24)12-17-9-7-15(2)8-10-17/h4-12H,3H2,1-2H3/b20-12+. The zero-order chi connectivity index (χ0) is 19.4. The maximum absolute atomic E-state index is 13.1. The van der Waals surface area contributed by atoms with E-state index < -0.39 is 0 Å². The number of benzene rings is 2. The van der Waals surface area contributed by atoms with Gasteiger partial charge in [-0.1, -0.05) is 48.9 Å². The minimum Gasteiger partial charge on any atom is -0.267 e. The SMILES string of the molecule is CCc1cccc(-n2c(=C(C#N)C#N)s/c(=C/c3ccc(C)cc3)c2=O)c1. The maximum Gasteiger partial charge on any atom is 0.273 e. The molecule has 0 aliphatic carbocycles. The molecule has 3 rings (SSSR count). The highest BCUT2D eigenvalue weighted by Crippen LogP contribution is 2.09. The van der Waals surface area contributed by atoms with Crippen LogP contribution in [-0.4, -0.2) is 4.57 Å². The van der Waals surface area contributed by atoms with Crippen molar-refractivity contribution < 1.29 is 0 Å². The summed E-state index contributed by atoms with van der Waals surface area (Å²) in [7, 11) is 0. The van der Waals surface area contributed by atoms with Crippen molar-refractivity contribution in [2.24, 2.45) is 0 Å². The van der Waals surface area contributed by atoms with E-state index in [2.05, 4.69) is 0 Å². The summed E-state index contributed by atoms with van der Waals surface area (Å²) in [6.45, 7) is 4.04. The molecule has 5 heteroatoms. The van der Waals surface area contributed by atoms with Gasteiger partial charge in [0.15, 0.2) is 5.57 Å². The molecule has 1 heterocycles. The molecule has 0 atom stereocenters. The summed E-state index contributed by atoms with van der Waals surface area (Å²) in [6.07, 6.45) is 2.62. The molecule has 0 spiro atoms. The normalized spacial score (nSPS) is 11.0. The van der Waals surface area contributed by atoms with Gasteiger partial charge in [-0.25, -0.2) is 0 Å². The third-order valence-electron chi connectivity index (χ3n) is 4.21. The van der Waals surface area contributed by atoms with Gasteiger partial charge in [-0.3, -0.25) is 9.36 Å². The molecule has 0 saturated heterocycles. The van der Waals surface area contributed by atoms with Crippen molar-refractivity contribution in [1.82, 2.24) is 4.57 Å². The first-order valence-electron chi connectivity index (χ1n) is 8.51. The molecule has 1 aromatic heterocycles. The van der Waals surface area contributed by atoms with Crippen LogP contribution in [0.5, 0.6) is 0 Å². The van der Waals surface area contributed by atoms with E-state index >= 15 is 0 Å². The topological polar surface area (TPSA) is 69.6 Å². The van der Waals surface area contributed by atoms with E-state index in [-0.39, 0.29) is 11.1 Å². The van der Waals surface area contributed by atoms with Gasteiger partial charge in [-0.15, -0.1) is 11.3 Å². The zero-order valence-corrected chi connectivity index (χ0v) is 15.9. The van der Waals surface area contributed by atoms with Gasteiger partial charge in [0, 0.05) is 0 Å². The highest BCUT2D eigenvalue weighted by Gasteiger charge is 2.11. The summed E-state index contributed by atoms with van der Waals surface area (Å²) >= 11 is 1.16. The molecule has 0 bridgehead atoms. The number of aryl methyl sites for hydroxylation is 2. The van der Waals surface area contributed by atoms with E-state index in [1.807, 2.05) is 74.5 Å². The molecular weight excluding hydrogens is 354 g/mol. The fourth-order valence-electron chi connectivity index (χ4n) is 2.73. The van der Waals surface area contributed by atoms with Gasteiger partial charge >= 0.3 is 0 Å². The Morgan fingerprint density at radius 1 is 1.15 bits per heavy atom. The predicted octanol–water partition coefficient (Wildman–Crippen LogP) is 2.80. The number of aromatic nitrogens is 1. The molecule has 0 aliphatic rings. The number of nitrogens with zero attached hydrogens (tertiary/aromatic N) is 3. The number of nitriles is 2. The van der Waals surface area contributed by atoms with Gasteiger partial charge in [0.05, 0.1) is 10.2 Å². The Kier molecular flexibility index (Phi) is 5.35. The minimum absolute atomic E-state index is 0.0671. The first kappa shape index (κ1) is 18.4. The van der Waals surface area contributed by atoms with Crippen LogP contribution in [0.2, 0.25) is 0 Å². The first-order chi connectivity index (χ1) is 13.1. The quantitative estimate of drug-likeness (QED) is 0.711. The molecule has 0 amide bonds. The molecule has 0 aliphatic heterocycles. The molecular formula is C22H17N3OS. The van der Waals surface area contributed by atoms with E-state index in [9.17, 15) is 15.3 Å². The van der Waals surface area contributed by atoms with Gasteiger partial charge < -0.3 is 0 Å². The van der Waals surface area contributed by atoms with Crippen LogP contribution in [0.1, 0.15) is 23.6 Å². The van der Waals surface area contributed by atoms with Crippen LogP contribution in [0.25, 0.3) is 17.3 Å². The van der Waals surface area contributed by atoms with Crippen LogP contribution in [-0.2, 0) is 6.42 Å². The molecule has 2 aromatic carbocycles. The van der Waals surface area contributed by atoms with Crippen molar-refractivity contribution in [3.63, 3.8) is 0 Å². The number of hydrogen-bond donors (Lipinski definition) is 0. The first-order valence-corrected chi connectivity index (χ1v) is 9.33. The van der Waals surface area contributed by atoms with Crippen molar-refractivity contribution in [3.8, 4) is 17.8 Å². The predicted molar refractivity (Wildman–Crippen MR) is 108 cm³/mol. The Morgan fingerprint density at radius 2 is 1.85 bits per heavy atom. The third-order valence-corrected chi connectivity index (χ3v) is 5.31. The highest BCUT2D eigenvalue weighted by atomic mass is 32.1. The molecule has 132 valence electrons. The van der Waals surface area contributed by atoms with Crippen LogP contribution < -0.4 is 14.8 Å². The van der Waals surface area contributed by atoms with E-state index in [1.165, 1.54) is 4.57 Å². The van der Waals surface area contributed by atoms with E-state index in [0.29, 0.717) is 14.9 Å².